The zero-order valence-electron chi connectivity index (χ0n) is 17.5. The van der Waals surface area contributed by atoms with E-state index in [-0.39, 0.29) is 23.3 Å². The molecule has 0 radical (unpaired) electrons. The van der Waals surface area contributed by atoms with Crippen molar-refractivity contribution in [1.29, 1.82) is 0 Å². The Morgan fingerprint density at radius 1 is 1.14 bits per heavy atom. The maximum atomic E-state index is 11.7. The summed E-state index contributed by atoms with van der Waals surface area (Å²) < 4.78 is 0. The van der Waals surface area contributed by atoms with E-state index in [2.05, 4.69) is 65.6 Å². The van der Waals surface area contributed by atoms with Gasteiger partial charge in [-0.2, -0.15) is 0 Å². The minimum atomic E-state index is 0.140. The molecule has 1 aromatic heterocycles. The van der Waals surface area contributed by atoms with Crippen LogP contribution in [0.4, 0.5) is 5.82 Å². The number of aromatic nitrogens is 2. The lowest BCUT2D eigenvalue weighted by Crippen LogP contribution is -2.24. The molecule has 2 atom stereocenters. The van der Waals surface area contributed by atoms with Gasteiger partial charge >= 0.3 is 0 Å². The van der Waals surface area contributed by atoms with E-state index in [0.717, 1.165) is 30.8 Å². The van der Waals surface area contributed by atoms with E-state index in [1.807, 2.05) is 6.92 Å². The van der Waals surface area contributed by atoms with Crippen molar-refractivity contribution >= 4 is 11.7 Å². The van der Waals surface area contributed by atoms with Crippen LogP contribution in [0.1, 0.15) is 82.2 Å². The average Bonchev–Trinajstić information content (AvgIpc) is 3.03. The van der Waals surface area contributed by atoms with Crippen LogP contribution in [-0.4, -0.2) is 22.4 Å². The van der Waals surface area contributed by atoms with Crippen molar-refractivity contribution < 1.29 is 4.79 Å². The molecule has 1 aliphatic heterocycles. The molecule has 0 bridgehead atoms. The fourth-order valence-electron chi connectivity index (χ4n) is 3.81. The van der Waals surface area contributed by atoms with Gasteiger partial charge in [-0.05, 0) is 35.8 Å². The van der Waals surface area contributed by atoms with Crippen LogP contribution in [-0.2, 0) is 10.2 Å². The summed E-state index contributed by atoms with van der Waals surface area (Å²) in [6.07, 6.45) is 6.86. The Morgan fingerprint density at radius 2 is 1.86 bits per heavy atom. The molecule has 28 heavy (non-hydrogen) atoms. The quantitative estimate of drug-likeness (QED) is 0.682. The first-order valence-corrected chi connectivity index (χ1v) is 10.3. The Balaban J connectivity index is 1.72. The number of rotatable bonds is 7. The van der Waals surface area contributed by atoms with Gasteiger partial charge in [0.2, 0.25) is 5.91 Å². The number of amides is 1. The number of nitrogens with one attached hydrogen (secondary N) is 2. The molecular formula is C23H32N4O. The lowest BCUT2D eigenvalue weighted by molar-refractivity contribution is -0.121. The fourth-order valence-corrected chi connectivity index (χ4v) is 3.81. The molecule has 0 spiro atoms. The fraction of sp³-hybridized carbons (Fsp3) is 0.522. The molecule has 2 aromatic rings. The summed E-state index contributed by atoms with van der Waals surface area (Å²) in [5.41, 5.74) is 3.77. The summed E-state index contributed by atoms with van der Waals surface area (Å²) in [6, 6.07) is 9.06. The lowest BCUT2D eigenvalue weighted by Gasteiger charge is -2.23. The Kier molecular flexibility index (Phi) is 6.32. The number of carbonyl (C=O) groups excluding carboxylic acids is 1. The first kappa shape index (κ1) is 20.3. The molecule has 150 valence electrons. The molecule has 1 amide bonds. The smallest absolute Gasteiger partial charge is 0.219 e. The Bertz CT molecular complexity index is 795. The maximum absolute atomic E-state index is 11.7. The monoisotopic (exact) mass is 380 g/mol. The van der Waals surface area contributed by atoms with Crippen molar-refractivity contribution in [3.05, 3.63) is 53.5 Å². The maximum Gasteiger partial charge on any atom is 0.219 e. The summed E-state index contributed by atoms with van der Waals surface area (Å²) in [4.78, 5) is 20.8. The van der Waals surface area contributed by atoms with Crippen LogP contribution >= 0.6 is 0 Å². The highest BCUT2D eigenvalue weighted by atomic mass is 16.1. The summed E-state index contributed by atoms with van der Waals surface area (Å²) in [7, 11) is 0. The SMILES string of the molecule is CCCC(=O)NCCCC1c2nccnc2NC1c1ccc(C(C)(C)C)cc1. The standard InChI is InChI=1S/C23H32N4O/c1-5-7-19(28)24-13-6-8-18-20(27-22-21(18)25-14-15-26-22)16-9-11-17(12-10-16)23(2,3)4/h9-12,14-15,18,20H,5-8,13H2,1-4H3,(H,24,28)(H,26,27). The van der Waals surface area contributed by atoms with E-state index >= 15 is 0 Å². The van der Waals surface area contributed by atoms with Gasteiger partial charge in [0.1, 0.15) is 5.82 Å². The third-order valence-corrected chi connectivity index (χ3v) is 5.40. The highest BCUT2D eigenvalue weighted by molar-refractivity contribution is 5.75. The number of nitrogens with zero attached hydrogens (tertiary/aromatic N) is 2. The van der Waals surface area contributed by atoms with Gasteiger partial charge < -0.3 is 10.6 Å². The van der Waals surface area contributed by atoms with Crippen molar-refractivity contribution in [2.75, 3.05) is 11.9 Å². The van der Waals surface area contributed by atoms with E-state index in [1.54, 1.807) is 12.4 Å². The molecule has 5 nitrogen and oxygen atoms in total. The van der Waals surface area contributed by atoms with Crippen LogP contribution in [0.3, 0.4) is 0 Å². The predicted octanol–water partition coefficient (Wildman–Crippen LogP) is 4.72. The molecular weight excluding hydrogens is 348 g/mol. The summed E-state index contributed by atoms with van der Waals surface area (Å²) in [5.74, 6) is 1.28. The zero-order valence-corrected chi connectivity index (χ0v) is 17.5. The van der Waals surface area contributed by atoms with Crippen LogP contribution in [0, 0.1) is 0 Å². The minimum Gasteiger partial charge on any atom is -0.361 e. The van der Waals surface area contributed by atoms with Crippen molar-refractivity contribution in [2.24, 2.45) is 0 Å². The molecule has 2 unspecified atom stereocenters. The second-order valence-corrected chi connectivity index (χ2v) is 8.63. The highest BCUT2D eigenvalue weighted by Crippen LogP contribution is 2.44. The van der Waals surface area contributed by atoms with Crippen molar-refractivity contribution in [3.8, 4) is 0 Å². The van der Waals surface area contributed by atoms with Gasteiger partial charge in [0, 0.05) is 31.3 Å². The summed E-state index contributed by atoms with van der Waals surface area (Å²) in [6.45, 7) is 9.43. The van der Waals surface area contributed by atoms with E-state index in [1.165, 1.54) is 11.1 Å². The first-order chi connectivity index (χ1) is 13.4. The average molecular weight is 381 g/mol. The van der Waals surface area contributed by atoms with E-state index < -0.39 is 0 Å². The molecule has 0 saturated heterocycles. The van der Waals surface area contributed by atoms with Crippen molar-refractivity contribution in [3.63, 3.8) is 0 Å². The van der Waals surface area contributed by atoms with Gasteiger partial charge in [0.15, 0.2) is 0 Å². The Hall–Kier alpha value is -2.43. The van der Waals surface area contributed by atoms with Crippen LogP contribution < -0.4 is 10.6 Å². The van der Waals surface area contributed by atoms with Gasteiger partial charge in [-0.25, -0.2) is 4.98 Å². The molecule has 2 N–H and O–H groups in total. The Labute approximate surface area is 168 Å². The van der Waals surface area contributed by atoms with E-state index in [4.69, 9.17) is 0 Å². The number of hydrogen-bond donors (Lipinski definition) is 2. The second kappa shape index (κ2) is 8.72. The minimum absolute atomic E-state index is 0.140. The largest absolute Gasteiger partial charge is 0.361 e. The van der Waals surface area contributed by atoms with Crippen LogP contribution in [0.2, 0.25) is 0 Å². The van der Waals surface area contributed by atoms with E-state index in [0.29, 0.717) is 13.0 Å². The molecule has 0 saturated carbocycles. The van der Waals surface area contributed by atoms with Crippen LogP contribution in [0.15, 0.2) is 36.7 Å². The lowest BCUT2D eigenvalue weighted by atomic mass is 9.84. The molecule has 0 fully saturated rings. The van der Waals surface area contributed by atoms with Crippen molar-refractivity contribution in [2.45, 2.75) is 70.8 Å². The highest BCUT2D eigenvalue weighted by Gasteiger charge is 2.35. The molecule has 0 aliphatic carbocycles. The molecule has 1 aliphatic rings. The van der Waals surface area contributed by atoms with Gasteiger partial charge in [-0.1, -0.05) is 52.0 Å². The predicted molar refractivity (Wildman–Crippen MR) is 113 cm³/mol. The van der Waals surface area contributed by atoms with Gasteiger partial charge in [0.25, 0.3) is 0 Å². The van der Waals surface area contributed by atoms with Gasteiger partial charge in [-0.3, -0.25) is 9.78 Å². The third kappa shape index (κ3) is 4.70. The Morgan fingerprint density at radius 3 is 2.54 bits per heavy atom. The summed E-state index contributed by atoms with van der Waals surface area (Å²) >= 11 is 0. The van der Waals surface area contributed by atoms with Crippen molar-refractivity contribution in [1.82, 2.24) is 15.3 Å². The normalized spacial score (nSPS) is 18.4. The molecule has 5 heteroatoms. The second-order valence-electron chi connectivity index (χ2n) is 8.63. The molecule has 1 aromatic carbocycles. The van der Waals surface area contributed by atoms with Gasteiger partial charge in [0.05, 0.1) is 11.7 Å². The number of benzene rings is 1. The number of carbonyl (C=O) groups is 1. The van der Waals surface area contributed by atoms with Gasteiger partial charge in [-0.15, -0.1) is 0 Å². The molecule has 2 heterocycles. The first-order valence-electron chi connectivity index (χ1n) is 10.3. The number of anilines is 1. The van der Waals surface area contributed by atoms with Crippen LogP contribution in [0.25, 0.3) is 0 Å². The molecule has 3 rings (SSSR count). The zero-order chi connectivity index (χ0) is 20.1. The third-order valence-electron chi connectivity index (χ3n) is 5.40. The van der Waals surface area contributed by atoms with Crippen LogP contribution in [0.5, 0.6) is 0 Å². The number of fused-ring (bicyclic) bond motifs is 1. The summed E-state index contributed by atoms with van der Waals surface area (Å²) in [5, 5.41) is 6.58. The topological polar surface area (TPSA) is 66.9 Å². The number of hydrogen-bond acceptors (Lipinski definition) is 4. The van der Waals surface area contributed by atoms with E-state index in [9.17, 15) is 4.79 Å².